The summed E-state index contributed by atoms with van der Waals surface area (Å²) in [6.07, 6.45) is 0.125. The van der Waals surface area contributed by atoms with E-state index in [0.717, 1.165) is 35.1 Å². The number of benzene rings is 1. The predicted octanol–water partition coefficient (Wildman–Crippen LogP) is 4.23. The van der Waals surface area contributed by atoms with Crippen molar-refractivity contribution in [2.75, 3.05) is 7.11 Å². The fourth-order valence-corrected chi connectivity index (χ4v) is 2.23. The summed E-state index contributed by atoms with van der Waals surface area (Å²) in [6, 6.07) is 10.2. The van der Waals surface area contributed by atoms with Crippen molar-refractivity contribution in [1.29, 1.82) is 0 Å². The van der Waals surface area contributed by atoms with Crippen molar-refractivity contribution in [2.24, 2.45) is 0 Å². The van der Waals surface area contributed by atoms with Crippen molar-refractivity contribution < 1.29 is 13.9 Å². The third kappa shape index (κ3) is 4.28. The zero-order chi connectivity index (χ0) is 16.1. The molecule has 0 saturated carbocycles. The minimum Gasteiger partial charge on any atom is -0.493 e. The Labute approximate surface area is 132 Å². The van der Waals surface area contributed by atoms with E-state index in [1.807, 2.05) is 51.1 Å². The molecule has 0 aliphatic carbocycles. The Morgan fingerprint density at radius 3 is 2.45 bits per heavy atom. The molecule has 0 fully saturated rings. The zero-order valence-electron chi connectivity index (χ0n) is 14.0. The summed E-state index contributed by atoms with van der Waals surface area (Å²) in [4.78, 5) is 0. The van der Waals surface area contributed by atoms with Crippen molar-refractivity contribution in [3.8, 4) is 11.5 Å². The predicted molar refractivity (Wildman–Crippen MR) is 87.5 cm³/mol. The maximum absolute atomic E-state index is 5.73. The topological polar surface area (TPSA) is 43.6 Å². The second kappa shape index (κ2) is 7.36. The number of aryl methyl sites for hydroxylation is 1. The monoisotopic (exact) mass is 303 g/mol. The van der Waals surface area contributed by atoms with Gasteiger partial charge < -0.3 is 19.2 Å². The lowest BCUT2D eigenvalue weighted by atomic mass is 10.1. The van der Waals surface area contributed by atoms with Crippen LogP contribution in [-0.2, 0) is 6.54 Å². The first-order valence-corrected chi connectivity index (χ1v) is 7.63. The molecule has 0 aliphatic heterocycles. The van der Waals surface area contributed by atoms with Crippen LogP contribution in [0.25, 0.3) is 0 Å². The van der Waals surface area contributed by atoms with Gasteiger partial charge in [0.15, 0.2) is 11.5 Å². The summed E-state index contributed by atoms with van der Waals surface area (Å²) in [5.41, 5.74) is 1.14. The Bertz CT molecular complexity index is 604. The van der Waals surface area contributed by atoms with Gasteiger partial charge in [-0.2, -0.15) is 0 Å². The van der Waals surface area contributed by atoms with Gasteiger partial charge in [-0.3, -0.25) is 0 Å². The van der Waals surface area contributed by atoms with E-state index in [-0.39, 0.29) is 12.1 Å². The maximum Gasteiger partial charge on any atom is 0.161 e. The SMILES string of the molecule is COc1cc(CNC(C)c2ccc(C)o2)ccc1OC(C)C. The van der Waals surface area contributed by atoms with Crippen molar-refractivity contribution in [2.45, 2.75) is 46.4 Å². The molecule has 1 aromatic heterocycles. The molecule has 1 atom stereocenters. The minimum absolute atomic E-state index is 0.125. The Kier molecular flexibility index (Phi) is 5.50. The third-order valence-corrected chi connectivity index (χ3v) is 3.39. The largest absolute Gasteiger partial charge is 0.493 e. The lowest BCUT2D eigenvalue weighted by Gasteiger charge is -2.16. The molecule has 0 bridgehead atoms. The second-order valence-corrected chi connectivity index (χ2v) is 5.70. The smallest absolute Gasteiger partial charge is 0.161 e. The highest BCUT2D eigenvalue weighted by Gasteiger charge is 2.11. The quantitative estimate of drug-likeness (QED) is 0.831. The number of methoxy groups -OCH3 is 1. The van der Waals surface area contributed by atoms with E-state index in [1.165, 1.54) is 0 Å². The molecule has 1 N–H and O–H groups in total. The molecule has 0 saturated heterocycles. The molecular formula is C18H25NO3. The molecule has 4 nitrogen and oxygen atoms in total. The average Bonchev–Trinajstić information content (AvgIpc) is 2.92. The molecule has 1 aromatic carbocycles. The first-order chi connectivity index (χ1) is 10.5. The lowest BCUT2D eigenvalue weighted by molar-refractivity contribution is 0.230. The minimum atomic E-state index is 0.125. The van der Waals surface area contributed by atoms with Crippen LogP contribution in [0.1, 0.15) is 43.9 Å². The molecule has 120 valence electrons. The highest BCUT2D eigenvalue weighted by molar-refractivity contribution is 5.43. The Morgan fingerprint density at radius 2 is 1.86 bits per heavy atom. The molecule has 2 rings (SSSR count). The van der Waals surface area contributed by atoms with Gasteiger partial charge in [-0.25, -0.2) is 0 Å². The molecular weight excluding hydrogens is 278 g/mol. The van der Waals surface area contributed by atoms with Gasteiger partial charge in [0, 0.05) is 6.54 Å². The summed E-state index contributed by atoms with van der Waals surface area (Å²) >= 11 is 0. The molecule has 4 heteroatoms. The van der Waals surface area contributed by atoms with Crippen LogP contribution in [0.3, 0.4) is 0 Å². The number of rotatable bonds is 7. The molecule has 0 amide bonds. The fraction of sp³-hybridized carbons (Fsp3) is 0.444. The van der Waals surface area contributed by atoms with Gasteiger partial charge in [0.25, 0.3) is 0 Å². The van der Waals surface area contributed by atoms with Crippen LogP contribution in [-0.4, -0.2) is 13.2 Å². The summed E-state index contributed by atoms with van der Waals surface area (Å²) in [7, 11) is 1.66. The Morgan fingerprint density at radius 1 is 1.09 bits per heavy atom. The number of furan rings is 1. The van der Waals surface area contributed by atoms with Crippen LogP contribution in [0, 0.1) is 6.92 Å². The van der Waals surface area contributed by atoms with Crippen LogP contribution in [0.2, 0.25) is 0 Å². The van der Waals surface area contributed by atoms with E-state index in [0.29, 0.717) is 0 Å². The van der Waals surface area contributed by atoms with Crippen LogP contribution < -0.4 is 14.8 Å². The van der Waals surface area contributed by atoms with Gasteiger partial charge in [-0.15, -0.1) is 0 Å². The Hall–Kier alpha value is -1.94. The van der Waals surface area contributed by atoms with Gasteiger partial charge >= 0.3 is 0 Å². The van der Waals surface area contributed by atoms with Crippen molar-refractivity contribution in [3.05, 3.63) is 47.4 Å². The number of ether oxygens (including phenoxy) is 2. The first-order valence-electron chi connectivity index (χ1n) is 7.63. The van der Waals surface area contributed by atoms with E-state index >= 15 is 0 Å². The van der Waals surface area contributed by atoms with Gasteiger partial charge in [0.2, 0.25) is 0 Å². The highest BCUT2D eigenvalue weighted by Crippen LogP contribution is 2.29. The van der Waals surface area contributed by atoms with Gasteiger partial charge in [-0.1, -0.05) is 6.07 Å². The highest BCUT2D eigenvalue weighted by atomic mass is 16.5. The summed E-state index contributed by atoms with van der Waals surface area (Å²) in [5, 5.41) is 3.45. The molecule has 22 heavy (non-hydrogen) atoms. The standard InChI is InChI=1S/C18H25NO3/c1-12(2)21-17-9-7-15(10-18(17)20-5)11-19-14(4)16-8-6-13(3)22-16/h6-10,12,14,19H,11H2,1-5H3. The van der Waals surface area contributed by atoms with E-state index < -0.39 is 0 Å². The number of nitrogens with one attached hydrogen (secondary N) is 1. The van der Waals surface area contributed by atoms with Crippen LogP contribution in [0.4, 0.5) is 0 Å². The van der Waals surface area contributed by atoms with Crippen molar-refractivity contribution in [1.82, 2.24) is 5.32 Å². The van der Waals surface area contributed by atoms with E-state index in [9.17, 15) is 0 Å². The Balaban J connectivity index is 2.00. The van der Waals surface area contributed by atoms with Gasteiger partial charge in [0.05, 0.1) is 19.3 Å². The van der Waals surface area contributed by atoms with Crippen LogP contribution >= 0.6 is 0 Å². The first kappa shape index (κ1) is 16.4. The molecule has 0 spiro atoms. The van der Waals surface area contributed by atoms with Gasteiger partial charge in [0.1, 0.15) is 11.5 Å². The van der Waals surface area contributed by atoms with Crippen molar-refractivity contribution in [3.63, 3.8) is 0 Å². The zero-order valence-corrected chi connectivity index (χ0v) is 14.0. The van der Waals surface area contributed by atoms with E-state index in [2.05, 4.69) is 12.2 Å². The second-order valence-electron chi connectivity index (χ2n) is 5.70. The van der Waals surface area contributed by atoms with Crippen LogP contribution in [0.5, 0.6) is 11.5 Å². The molecule has 1 unspecified atom stereocenters. The summed E-state index contributed by atoms with van der Waals surface area (Å²) in [6.45, 7) is 8.78. The summed E-state index contributed by atoms with van der Waals surface area (Å²) < 4.78 is 16.8. The maximum atomic E-state index is 5.73. The van der Waals surface area contributed by atoms with Crippen LogP contribution in [0.15, 0.2) is 34.7 Å². The molecule has 2 aromatic rings. The average molecular weight is 303 g/mol. The molecule has 0 aliphatic rings. The number of hydrogen-bond donors (Lipinski definition) is 1. The van der Waals surface area contributed by atoms with E-state index in [1.54, 1.807) is 7.11 Å². The van der Waals surface area contributed by atoms with Crippen molar-refractivity contribution >= 4 is 0 Å². The fourth-order valence-electron chi connectivity index (χ4n) is 2.23. The lowest BCUT2D eigenvalue weighted by Crippen LogP contribution is -2.17. The van der Waals surface area contributed by atoms with Gasteiger partial charge in [-0.05, 0) is 57.5 Å². The summed E-state index contributed by atoms with van der Waals surface area (Å²) in [5.74, 6) is 3.41. The third-order valence-electron chi connectivity index (χ3n) is 3.39. The normalized spacial score (nSPS) is 12.5. The van der Waals surface area contributed by atoms with E-state index in [4.69, 9.17) is 13.9 Å². The molecule has 0 radical (unpaired) electrons. The molecule has 1 heterocycles. The number of hydrogen-bond acceptors (Lipinski definition) is 4.